The van der Waals surface area contributed by atoms with Gasteiger partial charge in [-0.2, -0.15) is 0 Å². The zero-order valence-corrected chi connectivity index (χ0v) is 12.7. The zero-order chi connectivity index (χ0) is 15.4. The van der Waals surface area contributed by atoms with E-state index in [1.165, 1.54) is 5.56 Å². The third-order valence-electron chi connectivity index (χ3n) is 4.18. The highest BCUT2D eigenvalue weighted by Crippen LogP contribution is 2.23. The molecule has 2 atom stereocenters. The van der Waals surface area contributed by atoms with Crippen LogP contribution in [0.25, 0.3) is 0 Å². The molecule has 4 nitrogen and oxygen atoms in total. The summed E-state index contributed by atoms with van der Waals surface area (Å²) < 4.78 is 0. The van der Waals surface area contributed by atoms with E-state index in [-0.39, 0.29) is 5.91 Å². The minimum Gasteiger partial charge on any atom is -0.480 e. The average Bonchev–Trinajstić information content (AvgIpc) is 2.44. The molecule has 0 bridgehead atoms. The SMILES string of the molecule is Cc1cccc(CCC(=O)N2CCC(C)CC2C(=O)O)c1. The van der Waals surface area contributed by atoms with Crippen molar-refractivity contribution in [2.24, 2.45) is 5.92 Å². The minimum atomic E-state index is -0.884. The van der Waals surface area contributed by atoms with E-state index in [9.17, 15) is 14.7 Å². The molecule has 0 aromatic heterocycles. The Morgan fingerprint density at radius 1 is 1.38 bits per heavy atom. The van der Waals surface area contributed by atoms with E-state index >= 15 is 0 Å². The van der Waals surface area contributed by atoms with E-state index in [4.69, 9.17) is 0 Å². The van der Waals surface area contributed by atoms with Gasteiger partial charge in [-0.05, 0) is 37.7 Å². The number of hydrogen-bond acceptors (Lipinski definition) is 2. The molecule has 1 aromatic rings. The van der Waals surface area contributed by atoms with Crippen LogP contribution in [0.15, 0.2) is 24.3 Å². The Bertz CT molecular complexity index is 527. The highest BCUT2D eigenvalue weighted by Gasteiger charge is 2.34. The molecule has 1 amide bonds. The van der Waals surface area contributed by atoms with Gasteiger partial charge in [0.05, 0.1) is 0 Å². The summed E-state index contributed by atoms with van der Waals surface area (Å²) in [5, 5.41) is 9.30. The third kappa shape index (κ3) is 4.06. The summed E-state index contributed by atoms with van der Waals surface area (Å²) in [5.74, 6) is -0.562. The van der Waals surface area contributed by atoms with E-state index in [1.807, 2.05) is 32.0 Å². The fraction of sp³-hybridized carbons (Fsp3) is 0.529. The number of nitrogens with zero attached hydrogens (tertiary/aromatic N) is 1. The van der Waals surface area contributed by atoms with Crippen molar-refractivity contribution in [2.75, 3.05) is 6.54 Å². The van der Waals surface area contributed by atoms with Crippen LogP contribution < -0.4 is 0 Å². The molecule has 1 fully saturated rings. The Morgan fingerprint density at radius 2 is 2.14 bits per heavy atom. The van der Waals surface area contributed by atoms with Gasteiger partial charge in [0.1, 0.15) is 6.04 Å². The molecule has 1 aromatic carbocycles. The monoisotopic (exact) mass is 289 g/mol. The molecule has 0 radical (unpaired) electrons. The largest absolute Gasteiger partial charge is 0.480 e. The van der Waals surface area contributed by atoms with Crippen molar-refractivity contribution in [1.29, 1.82) is 0 Å². The number of rotatable bonds is 4. The van der Waals surface area contributed by atoms with Gasteiger partial charge in [-0.3, -0.25) is 4.79 Å². The Hall–Kier alpha value is -1.84. The predicted octanol–water partition coefficient (Wildman–Crippen LogP) is 2.64. The van der Waals surface area contributed by atoms with Crippen LogP contribution >= 0.6 is 0 Å². The molecule has 0 saturated carbocycles. The van der Waals surface area contributed by atoms with E-state index in [1.54, 1.807) is 4.90 Å². The summed E-state index contributed by atoms with van der Waals surface area (Å²) >= 11 is 0. The molecule has 0 aliphatic carbocycles. The standard InChI is InChI=1S/C17H23NO3/c1-12-4-3-5-14(10-12)6-7-16(19)18-9-8-13(2)11-15(18)17(20)21/h3-5,10,13,15H,6-9,11H2,1-2H3,(H,20,21). The normalized spacial score (nSPS) is 22.1. The van der Waals surface area contributed by atoms with Crippen molar-refractivity contribution < 1.29 is 14.7 Å². The fourth-order valence-corrected chi connectivity index (χ4v) is 2.94. The van der Waals surface area contributed by atoms with Crippen LogP contribution in [-0.2, 0) is 16.0 Å². The van der Waals surface area contributed by atoms with Crippen LogP contribution in [0.5, 0.6) is 0 Å². The van der Waals surface area contributed by atoms with Gasteiger partial charge >= 0.3 is 5.97 Å². The second-order valence-electron chi connectivity index (χ2n) is 6.06. The van der Waals surface area contributed by atoms with Crippen LogP contribution in [0, 0.1) is 12.8 Å². The van der Waals surface area contributed by atoms with Crippen molar-refractivity contribution in [1.82, 2.24) is 4.90 Å². The second-order valence-corrected chi connectivity index (χ2v) is 6.06. The lowest BCUT2D eigenvalue weighted by Crippen LogP contribution is -2.49. The molecule has 2 unspecified atom stereocenters. The van der Waals surface area contributed by atoms with Gasteiger partial charge in [-0.15, -0.1) is 0 Å². The van der Waals surface area contributed by atoms with E-state index in [0.717, 1.165) is 12.0 Å². The molecule has 21 heavy (non-hydrogen) atoms. The number of aliphatic carboxylic acids is 1. The first-order valence-electron chi connectivity index (χ1n) is 7.55. The topological polar surface area (TPSA) is 57.6 Å². The lowest BCUT2D eigenvalue weighted by molar-refractivity contribution is -0.153. The highest BCUT2D eigenvalue weighted by molar-refractivity contribution is 5.84. The zero-order valence-electron chi connectivity index (χ0n) is 12.7. The Kier molecular flexibility index (Phi) is 4.99. The van der Waals surface area contributed by atoms with E-state index in [2.05, 4.69) is 6.07 Å². The molecule has 1 saturated heterocycles. The third-order valence-corrected chi connectivity index (χ3v) is 4.18. The van der Waals surface area contributed by atoms with E-state index in [0.29, 0.717) is 31.7 Å². The minimum absolute atomic E-state index is 0.0455. The van der Waals surface area contributed by atoms with E-state index < -0.39 is 12.0 Å². The van der Waals surface area contributed by atoms with Crippen LogP contribution in [-0.4, -0.2) is 34.5 Å². The number of carbonyl (C=O) groups is 2. The number of piperidine rings is 1. The Balaban J connectivity index is 1.97. The van der Waals surface area contributed by atoms with Crippen molar-refractivity contribution in [3.8, 4) is 0 Å². The predicted molar refractivity (Wildman–Crippen MR) is 81.0 cm³/mol. The molecule has 4 heteroatoms. The average molecular weight is 289 g/mol. The van der Waals surface area contributed by atoms with Gasteiger partial charge in [-0.25, -0.2) is 4.79 Å². The number of benzene rings is 1. The van der Waals surface area contributed by atoms with Gasteiger partial charge in [0.15, 0.2) is 0 Å². The number of amides is 1. The van der Waals surface area contributed by atoms with Crippen LogP contribution in [0.3, 0.4) is 0 Å². The van der Waals surface area contributed by atoms with Crippen molar-refractivity contribution in [2.45, 2.75) is 45.6 Å². The quantitative estimate of drug-likeness (QED) is 0.927. The first-order chi connectivity index (χ1) is 9.97. The summed E-state index contributed by atoms with van der Waals surface area (Å²) in [6.45, 7) is 4.63. The highest BCUT2D eigenvalue weighted by atomic mass is 16.4. The second kappa shape index (κ2) is 6.74. The molecule has 114 valence electrons. The Labute approximate surface area is 125 Å². The number of likely N-dealkylation sites (tertiary alicyclic amines) is 1. The summed E-state index contributed by atoms with van der Waals surface area (Å²) in [5.41, 5.74) is 2.30. The smallest absolute Gasteiger partial charge is 0.326 e. The molecule has 2 rings (SSSR count). The van der Waals surface area contributed by atoms with Gasteiger partial charge in [0.2, 0.25) is 5.91 Å². The first kappa shape index (κ1) is 15.5. The summed E-state index contributed by atoms with van der Waals surface area (Å²) in [4.78, 5) is 25.2. The number of carboxylic acid groups (broad SMARTS) is 1. The lowest BCUT2D eigenvalue weighted by atomic mass is 9.92. The molecular weight excluding hydrogens is 266 g/mol. The molecule has 1 aliphatic rings. The number of carbonyl (C=O) groups excluding carboxylic acids is 1. The van der Waals surface area contributed by atoms with Crippen molar-refractivity contribution >= 4 is 11.9 Å². The van der Waals surface area contributed by atoms with Crippen LogP contribution in [0.4, 0.5) is 0 Å². The number of carboxylic acids is 1. The van der Waals surface area contributed by atoms with Gasteiger partial charge in [0, 0.05) is 13.0 Å². The fourth-order valence-electron chi connectivity index (χ4n) is 2.94. The molecule has 1 aliphatic heterocycles. The van der Waals surface area contributed by atoms with Crippen LogP contribution in [0.2, 0.25) is 0 Å². The maximum atomic E-state index is 12.3. The lowest BCUT2D eigenvalue weighted by Gasteiger charge is -2.36. The number of aryl methyl sites for hydroxylation is 2. The van der Waals surface area contributed by atoms with Gasteiger partial charge in [-0.1, -0.05) is 36.8 Å². The summed E-state index contributed by atoms with van der Waals surface area (Å²) in [6.07, 6.45) is 2.49. The maximum absolute atomic E-state index is 12.3. The maximum Gasteiger partial charge on any atom is 0.326 e. The number of hydrogen-bond donors (Lipinski definition) is 1. The Morgan fingerprint density at radius 3 is 2.81 bits per heavy atom. The molecule has 1 heterocycles. The van der Waals surface area contributed by atoms with Crippen molar-refractivity contribution in [3.05, 3.63) is 35.4 Å². The van der Waals surface area contributed by atoms with Crippen LogP contribution in [0.1, 0.15) is 37.3 Å². The molecular formula is C17H23NO3. The summed E-state index contributed by atoms with van der Waals surface area (Å²) in [7, 11) is 0. The van der Waals surface area contributed by atoms with Gasteiger partial charge < -0.3 is 10.0 Å². The molecule has 1 N–H and O–H groups in total. The summed E-state index contributed by atoms with van der Waals surface area (Å²) in [6, 6.07) is 7.43. The van der Waals surface area contributed by atoms with Gasteiger partial charge in [0.25, 0.3) is 0 Å². The first-order valence-corrected chi connectivity index (χ1v) is 7.55. The van der Waals surface area contributed by atoms with Crippen molar-refractivity contribution in [3.63, 3.8) is 0 Å². The molecule has 0 spiro atoms.